The number of pyridine rings is 1. The molecule has 0 amide bonds. The maximum Gasteiger partial charge on any atom is 0.215 e. The summed E-state index contributed by atoms with van der Waals surface area (Å²) in [6.45, 7) is 0.735. The predicted octanol–water partition coefficient (Wildman–Crippen LogP) is 0.728. The summed E-state index contributed by atoms with van der Waals surface area (Å²) in [6, 6.07) is 5.95. The van der Waals surface area contributed by atoms with Gasteiger partial charge in [-0.3, -0.25) is 0 Å². The van der Waals surface area contributed by atoms with Crippen molar-refractivity contribution in [3.8, 4) is 0 Å². The number of nitrogens with one attached hydrogen (secondary N) is 1. The molecule has 98 valence electrons. The van der Waals surface area contributed by atoms with E-state index >= 15 is 0 Å². The highest BCUT2D eigenvalue weighted by Crippen LogP contribution is 2.28. The van der Waals surface area contributed by atoms with Gasteiger partial charge in [0.15, 0.2) is 0 Å². The SMILES string of the molecule is CNCc1c(Sc2nnnn2C)nc2ccccn12. The molecule has 0 aliphatic heterocycles. The summed E-state index contributed by atoms with van der Waals surface area (Å²) >= 11 is 1.47. The normalized spacial score (nSPS) is 11.3. The molecule has 0 spiro atoms. The Labute approximate surface area is 114 Å². The third-order valence-corrected chi connectivity index (χ3v) is 3.75. The van der Waals surface area contributed by atoms with Gasteiger partial charge in [0, 0.05) is 19.8 Å². The number of imidazole rings is 1. The molecule has 3 aromatic heterocycles. The van der Waals surface area contributed by atoms with Crippen LogP contribution in [0, 0.1) is 0 Å². The van der Waals surface area contributed by atoms with Crippen LogP contribution in [-0.2, 0) is 13.6 Å². The molecular formula is C11H13N7S. The van der Waals surface area contributed by atoms with E-state index in [2.05, 4.69) is 30.2 Å². The van der Waals surface area contributed by atoms with Crippen molar-refractivity contribution in [2.45, 2.75) is 16.7 Å². The van der Waals surface area contributed by atoms with Gasteiger partial charge < -0.3 is 9.72 Å². The smallest absolute Gasteiger partial charge is 0.215 e. The predicted molar refractivity (Wildman–Crippen MR) is 70.9 cm³/mol. The summed E-state index contributed by atoms with van der Waals surface area (Å²) < 4.78 is 3.71. The molecule has 3 heterocycles. The van der Waals surface area contributed by atoms with Crippen LogP contribution in [0.4, 0.5) is 0 Å². The molecule has 7 nitrogen and oxygen atoms in total. The third kappa shape index (κ3) is 2.20. The second-order valence-electron chi connectivity index (χ2n) is 4.01. The lowest BCUT2D eigenvalue weighted by Crippen LogP contribution is -2.08. The van der Waals surface area contributed by atoms with Crippen LogP contribution >= 0.6 is 11.8 Å². The van der Waals surface area contributed by atoms with Gasteiger partial charge in [-0.05, 0) is 41.4 Å². The molecule has 3 aromatic rings. The summed E-state index contributed by atoms with van der Waals surface area (Å²) in [5.41, 5.74) is 2.02. The summed E-state index contributed by atoms with van der Waals surface area (Å²) in [6.07, 6.45) is 2.01. The summed E-state index contributed by atoms with van der Waals surface area (Å²) in [4.78, 5) is 4.62. The average Bonchev–Trinajstić information content (AvgIpc) is 2.96. The first-order chi connectivity index (χ1) is 9.29. The number of aryl methyl sites for hydroxylation is 1. The fraction of sp³-hybridized carbons (Fsp3) is 0.273. The Morgan fingerprint density at radius 1 is 1.37 bits per heavy atom. The molecule has 0 aromatic carbocycles. The Morgan fingerprint density at radius 3 is 3.00 bits per heavy atom. The van der Waals surface area contributed by atoms with Crippen molar-refractivity contribution in [1.29, 1.82) is 0 Å². The van der Waals surface area contributed by atoms with Gasteiger partial charge in [-0.25, -0.2) is 9.67 Å². The molecule has 0 unspecified atom stereocenters. The maximum absolute atomic E-state index is 4.62. The summed E-state index contributed by atoms with van der Waals surface area (Å²) in [7, 11) is 3.73. The van der Waals surface area contributed by atoms with Crippen molar-refractivity contribution in [2.75, 3.05) is 7.05 Å². The maximum atomic E-state index is 4.62. The first-order valence-electron chi connectivity index (χ1n) is 5.80. The molecular weight excluding hydrogens is 262 g/mol. The monoisotopic (exact) mass is 275 g/mol. The Hall–Kier alpha value is -1.93. The van der Waals surface area contributed by atoms with Gasteiger partial charge in [-0.2, -0.15) is 0 Å². The first kappa shape index (κ1) is 12.1. The lowest BCUT2D eigenvalue weighted by Gasteiger charge is -2.02. The molecule has 0 saturated carbocycles. The molecule has 0 aliphatic rings. The largest absolute Gasteiger partial charge is 0.314 e. The minimum absolute atomic E-state index is 0.723. The highest BCUT2D eigenvalue weighted by atomic mass is 32.2. The van der Waals surface area contributed by atoms with Crippen molar-refractivity contribution in [3.63, 3.8) is 0 Å². The van der Waals surface area contributed by atoms with E-state index < -0.39 is 0 Å². The van der Waals surface area contributed by atoms with Crippen LogP contribution in [0.5, 0.6) is 0 Å². The molecule has 0 aliphatic carbocycles. The quantitative estimate of drug-likeness (QED) is 0.756. The summed E-state index contributed by atoms with van der Waals surface area (Å²) in [5, 5.41) is 16.2. The van der Waals surface area contributed by atoms with E-state index in [1.54, 1.807) is 4.68 Å². The van der Waals surface area contributed by atoms with Gasteiger partial charge in [0.05, 0.1) is 5.69 Å². The topological polar surface area (TPSA) is 72.9 Å². The summed E-state index contributed by atoms with van der Waals surface area (Å²) in [5.74, 6) is 0. The van der Waals surface area contributed by atoms with Crippen LogP contribution in [0.25, 0.3) is 5.65 Å². The zero-order chi connectivity index (χ0) is 13.2. The van der Waals surface area contributed by atoms with Gasteiger partial charge in [-0.1, -0.05) is 6.07 Å². The number of hydrogen-bond acceptors (Lipinski definition) is 6. The minimum Gasteiger partial charge on any atom is -0.314 e. The van der Waals surface area contributed by atoms with E-state index in [1.807, 2.05) is 38.5 Å². The van der Waals surface area contributed by atoms with Crippen LogP contribution in [-0.4, -0.2) is 36.6 Å². The number of nitrogens with zero attached hydrogens (tertiary/aromatic N) is 6. The fourth-order valence-electron chi connectivity index (χ4n) is 1.83. The molecule has 0 fully saturated rings. The van der Waals surface area contributed by atoms with Crippen molar-refractivity contribution >= 4 is 17.4 Å². The lowest BCUT2D eigenvalue weighted by atomic mass is 10.4. The van der Waals surface area contributed by atoms with Gasteiger partial charge in [0.25, 0.3) is 0 Å². The third-order valence-electron chi connectivity index (χ3n) is 2.71. The van der Waals surface area contributed by atoms with Crippen molar-refractivity contribution < 1.29 is 0 Å². The van der Waals surface area contributed by atoms with Crippen LogP contribution in [0.3, 0.4) is 0 Å². The van der Waals surface area contributed by atoms with Crippen LogP contribution in [0.1, 0.15) is 5.69 Å². The highest BCUT2D eigenvalue weighted by Gasteiger charge is 2.15. The molecule has 0 radical (unpaired) electrons. The fourth-order valence-corrected chi connectivity index (χ4v) is 2.68. The van der Waals surface area contributed by atoms with Crippen LogP contribution in [0.2, 0.25) is 0 Å². The zero-order valence-corrected chi connectivity index (χ0v) is 11.4. The van der Waals surface area contributed by atoms with Gasteiger partial charge in [0.2, 0.25) is 5.16 Å². The van der Waals surface area contributed by atoms with Crippen LogP contribution < -0.4 is 5.32 Å². The number of tetrazole rings is 1. The Bertz CT molecular complexity index is 702. The van der Waals surface area contributed by atoms with Gasteiger partial charge in [-0.15, -0.1) is 5.10 Å². The van der Waals surface area contributed by atoms with Crippen LogP contribution in [0.15, 0.2) is 34.6 Å². The number of aromatic nitrogens is 6. The molecule has 8 heteroatoms. The van der Waals surface area contributed by atoms with E-state index in [1.165, 1.54) is 11.8 Å². The number of hydrogen-bond donors (Lipinski definition) is 1. The number of rotatable bonds is 4. The second-order valence-corrected chi connectivity index (χ2v) is 4.97. The lowest BCUT2D eigenvalue weighted by molar-refractivity contribution is 0.664. The van der Waals surface area contributed by atoms with Crippen molar-refractivity contribution in [1.82, 2.24) is 34.9 Å². The minimum atomic E-state index is 0.723. The molecule has 19 heavy (non-hydrogen) atoms. The first-order valence-corrected chi connectivity index (χ1v) is 6.62. The van der Waals surface area contributed by atoms with E-state index in [-0.39, 0.29) is 0 Å². The van der Waals surface area contributed by atoms with E-state index in [9.17, 15) is 0 Å². The van der Waals surface area contributed by atoms with E-state index in [4.69, 9.17) is 0 Å². The zero-order valence-electron chi connectivity index (χ0n) is 10.6. The molecule has 1 N–H and O–H groups in total. The number of fused-ring (bicyclic) bond motifs is 1. The Balaban J connectivity index is 2.07. The van der Waals surface area contributed by atoms with E-state index in [0.717, 1.165) is 28.1 Å². The molecule has 0 bridgehead atoms. The Morgan fingerprint density at radius 2 is 2.26 bits per heavy atom. The van der Waals surface area contributed by atoms with Crippen molar-refractivity contribution in [3.05, 3.63) is 30.1 Å². The second kappa shape index (κ2) is 4.98. The average molecular weight is 275 g/mol. The van der Waals surface area contributed by atoms with Gasteiger partial charge in [0.1, 0.15) is 10.7 Å². The Kier molecular flexibility index (Phi) is 3.18. The molecule has 0 atom stereocenters. The van der Waals surface area contributed by atoms with Gasteiger partial charge >= 0.3 is 0 Å². The van der Waals surface area contributed by atoms with E-state index in [0.29, 0.717) is 0 Å². The van der Waals surface area contributed by atoms with Crippen molar-refractivity contribution in [2.24, 2.45) is 7.05 Å². The highest BCUT2D eigenvalue weighted by molar-refractivity contribution is 7.99. The standard InChI is InChI=1S/C11H13N7S/c1-12-7-8-10(19-11-14-15-16-17(11)2)13-9-5-3-4-6-18(8)9/h3-6,12H,7H2,1-2H3. The molecule has 0 saturated heterocycles. The molecule has 3 rings (SSSR count).